The molecule has 1 amide bonds. The van der Waals surface area contributed by atoms with E-state index in [0.29, 0.717) is 41.7 Å². The summed E-state index contributed by atoms with van der Waals surface area (Å²) in [4.78, 5) is 25.9. The maximum atomic E-state index is 13.7. The number of amides is 1. The fourth-order valence-electron chi connectivity index (χ4n) is 4.86. The third-order valence-corrected chi connectivity index (χ3v) is 6.87. The van der Waals surface area contributed by atoms with Crippen molar-refractivity contribution in [1.29, 1.82) is 0 Å². The van der Waals surface area contributed by atoms with Gasteiger partial charge in [0.2, 0.25) is 5.95 Å². The van der Waals surface area contributed by atoms with E-state index in [2.05, 4.69) is 20.6 Å². The van der Waals surface area contributed by atoms with E-state index in [4.69, 9.17) is 14.2 Å². The Labute approximate surface area is 248 Å². The van der Waals surface area contributed by atoms with Crippen LogP contribution in [0.25, 0.3) is 0 Å². The molecule has 43 heavy (non-hydrogen) atoms. The fourth-order valence-corrected chi connectivity index (χ4v) is 4.86. The molecule has 0 unspecified atom stereocenters. The molecule has 10 nitrogen and oxygen atoms in total. The van der Waals surface area contributed by atoms with Crippen LogP contribution in [0.4, 0.5) is 42.4 Å². The number of carbonyl (C=O) groups excluding carboxylic acids is 1. The van der Waals surface area contributed by atoms with Crippen LogP contribution in [0.3, 0.4) is 0 Å². The van der Waals surface area contributed by atoms with Gasteiger partial charge in [0.15, 0.2) is 5.75 Å². The first-order valence-electron chi connectivity index (χ1n) is 13.7. The average Bonchev–Trinajstić information content (AvgIpc) is 3.00. The monoisotopic (exact) mass is 590 g/mol. The second kappa shape index (κ2) is 13.3. The number of benzene rings is 3. The zero-order valence-electron chi connectivity index (χ0n) is 24.0. The molecule has 1 aliphatic rings. The van der Waals surface area contributed by atoms with Gasteiger partial charge in [-0.05, 0) is 61.4 Å². The van der Waals surface area contributed by atoms with Crippen molar-refractivity contribution in [3.63, 3.8) is 0 Å². The summed E-state index contributed by atoms with van der Waals surface area (Å²) in [5.41, 5.74) is 3.28. The second-order valence-corrected chi connectivity index (χ2v) is 9.78. The number of anilines is 5. The van der Waals surface area contributed by atoms with Crippen molar-refractivity contribution >= 4 is 34.9 Å². The molecular formula is C31H32F2N6O4. The molecule has 0 atom stereocenters. The van der Waals surface area contributed by atoms with Crippen LogP contribution < -0.4 is 34.6 Å². The summed E-state index contributed by atoms with van der Waals surface area (Å²) in [5.74, 6) is 1.38. The van der Waals surface area contributed by atoms with Gasteiger partial charge in [-0.25, -0.2) is 14.7 Å². The number of rotatable bonds is 9. The van der Waals surface area contributed by atoms with Gasteiger partial charge in [0.25, 0.3) is 0 Å². The molecule has 1 saturated heterocycles. The summed E-state index contributed by atoms with van der Waals surface area (Å²) in [5, 5.41) is 6.30. The number of methoxy groups -OCH3 is 1. The lowest BCUT2D eigenvalue weighted by Crippen LogP contribution is -2.43. The largest absolute Gasteiger partial charge is 0.497 e. The lowest BCUT2D eigenvalue weighted by Gasteiger charge is -2.31. The Morgan fingerprint density at radius 2 is 1.70 bits per heavy atom. The van der Waals surface area contributed by atoms with E-state index in [-0.39, 0.29) is 17.5 Å². The third-order valence-electron chi connectivity index (χ3n) is 6.87. The molecule has 0 aliphatic carbocycles. The number of hydrogen-bond donors (Lipinski definition) is 2. The zero-order chi connectivity index (χ0) is 30.3. The Morgan fingerprint density at radius 3 is 2.37 bits per heavy atom. The van der Waals surface area contributed by atoms with Crippen molar-refractivity contribution in [1.82, 2.24) is 15.3 Å². The first-order valence-corrected chi connectivity index (χ1v) is 13.7. The molecule has 1 aliphatic heterocycles. The minimum atomic E-state index is -2.99. The Kier molecular flexibility index (Phi) is 9.16. The molecule has 3 aromatic carbocycles. The molecule has 2 heterocycles. The van der Waals surface area contributed by atoms with E-state index in [0.717, 1.165) is 24.2 Å². The predicted molar refractivity (Wildman–Crippen MR) is 161 cm³/mol. The molecule has 2 N–H and O–H groups in total. The van der Waals surface area contributed by atoms with E-state index in [9.17, 15) is 13.6 Å². The highest BCUT2D eigenvalue weighted by atomic mass is 19.3. The van der Waals surface area contributed by atoms with Crippen LogP contribution in [0.5, 0.6) is 17.2 Å². The number of hydrogen-bond acceptors (Lipinski definition) is 9. The number of piperazine rings is 1. The summed E-state index contributed by atoms with van der Waals surface area (Å²) in [7, 11) is 1.55. The van der Waals surface area contributed by atoms with Gasteiger partial charge in [-0.2, -0.15) is 13.8 Å². The standard InChI is InChI=1S/C31H32F2N6O4/c1-20-5-4-6-21(2)28(20)39(31(40)42-24-10-8-23(41-3)9-11-24)27-13-14-35-30(37-27)36-22-7-12-25(26(19-22)43-29(32)33)38-17-15-34-16-18-38/h4-14,19,29,34H,15-18H2,1-3H3,(H,35,36,37). The number of ether oxygens (including phenoxy) is 3. The van der Waals surface area contributed by atoms with Gasteiger partial charge < -0.3 is 29.7 Å². The number of alkyl halides is 2. The Bertz CT molecular complexity index is 1540. The second-order valence-electron chi connectivity index (χ2n) is 9.78. The molecule has 1 fully saturated rings. The van der Waals surface area contributed by atoms with Crippen molar-refractivity contribution in [3.8, 4) is 17.2 Å². The lowest BCUT2D eigenvalue weighted by atomic mass is 10.1. The summed E-state index contributed by atoms with van der Waals surface area (Å²) in [6.07, 6.45) is 0.817. The van der Waals surface area contributed by atoms with Gasteiger partial charge in [0.05, 0.1) is 18.5 Å². The quantitative estimate of drug-likeness (QED) is 0.236. The lowest BCUT2D eigenvalue weighted by molar-refractivity contribution is -0.0494. The van der Waals surface area contributed by atoms with Crippen molar-refractivity contribution in [2.45, 2.75) is 20.5 Å². The van der Waals surface area contributed by atoms with Gasteiger partial charge in [0, 0.05) is 50.2 Å². The van der Waals surface area contributed by atoms with Crippen LogP contribution in [0, 0.1) is 13.8 Å². The topological polar surface area (TPSA) is 101 Å². The number of aromatic nitrogens is 2. The van der Waals surface area contributed by atoms with Crippen LogP contribution in [-0.4, -0.2) is 56.0 Å². The van der Waals surface area contributed by atoms with Gasteiger partial charge in [0.1, 0.15) is 17.3 Å². The highest BCUT2D eigenvalue weighted by Crippen LogP contribution is 2.35. The summed E-state index contributed by atoms with van der Waals surface area (Å²) in [6.45, 7) is 3.61. The highest BCUT2D eigenvalue weighted by molar-refractivity contribution is 5.98. The molecule has 0 bridgehead atoms. The zero-order valence-corrected chi connectivity index (χ0v) is 24.0. The molecule has 0 saturated carbocycles. The Balaban J connectivity index is 1.46. The molecule has 5 rings (SSSR count). The summed E-state index contributed by atoms with van der Waals surface area (Å²) < 4.78 is 42.4. The number of halogens is 2. The van der Waals surface area contributed by atoms with Gasteiger partial charge in [-0.3, -0.25) is 0 Å². The molecular weight excluding hydrogens is 558 g/mol. The number of carbonyl (C=O) groups is 1. The smallest absolute Gasteiger partial charge is 0.425 e. The normalized spacial score (nSPS) is 13.0. The maximum Gasteiger partial charge on any atom is 0.425 e. The number of nitrogens with zero attached hydrogens (tertiary/aromatic N) is 4. The Hall–Kier alpha value is -4.97. The van der Waals surface area contributed by atoms with Crippen molar-refractivity contribution < 1.29 is 27.8 Å². The van der Waals surface area contributed by atoms with E-state index < -0.39 is 12.7 Å². The first kappa shape index (κ1) is 29.5. The molecule has 224 valence electrons. The SMILES string of the molecule is COc1ccc(OC(=O)N(c2ccnc(Nc3ccc(N4CCNCC4)c(OC(F)F)c3)n2)c2c(C)cccc2C)cc1. The molecule has 12 heteroatoms. The molecule has 1 aromatic heterocycles. The fraction of sp³-hybridized carbons (Fsp3) is 0.258. The summed E-state index contributed by atoms with van der Waals surface area (Å²) >= 11 is 0. The number of nitrogens with one attached hydrogen (secondary N) is 2. The number of aryl methyl sites for hydroxylation is 2. The van der Waals surface area contributed by atoms with Gasteiger partial charge in [-0.15, -0.1) is 0 Å². The van der Waals surface area contributed by atoms with Gasteiger partial charge >= 0.3 is 12.7 Å². The van der Waals surface area contributed by atoms with E-state index >= 15 is 0 Å². The van der Waals surface area contributed by atoms with Crippen LogP contribution >= 0.6 is 0 Å². The van der Waals surface area contributed by atoms with Crippen molar-refractivity contribution in [3.05, 3.63) is 84.1 Å². The van der Waals surface area contributed by atoms with Crippen LogP contribution in [-0.2, 0) is 0 Å². The minimum absolute atomic E-state index is 0.0401. The van der Waals surface area contributed by atoms with Crippen molar-refractivity contribution in [2.24, 2.45) is 0 Å². The van der Waals surface area contributed by atoms with Crippen LogP contribution in [0.2, 0.25) is 0 Å². The number of para-hydroxylation sites is 1. The third kappa shape index (κ3) is 7.09. The minimum Gasteiger partial charge on any atom is -0.497 e. The molecule has 0 radical (unpaired) electrons. The highest BCUT2D eigenvalue weighted by Gasteiger charge is 2.26. The van der Waals surface area contributed by atoms with E-state index in [1.165, 1.54) is 17.2 Å². The summed E-state index contributed by atoms with van der Waals surface area (Å²) in [6, 6.07) is 18.9. The first-order chi connectivity index (χ1) is 20.8. The molecule has 0 spiro atoms. The average molecular weight is 591 g/mol. The van der Waals surface area contributed by atoms with E-state index in [1.807, 2.05) is 36.9 Å². The predicted octanol–water partition coefficient (Wildman–Crippen LogP) is 6.19. The maximum absolute atomic E-state index is 13.7. The Morgan fingerprint density at radius 1 is 1.00 bits per heavy atom. The molecule has 4 aromatic rings. The van der Waals surface area contributed by atoms with Crippen molar-refractivity contribution in [2.75, 3.05) is 48.4 Å². The van der Waals surface area contributed by atoms with Crippen LogP contribution in [0.1, 0.15) is 11.1 Å². The van der Waals surface area contributed by atoms with Crippen LogP contribution in [0.15, 0.2) is 72.9 Å². The van der Waals surface area contributed by atoms with E-state index in [1.54, 1.807) is 49.6 Å². The van der Waals surface area contributed by atoms with Gasteiger partial charge in [-0.1, -0.05) is 18.2 Å².